The van der Waals surface area contributed by atoms with Crippen molar-refractivity contribution >= 4 is 5.96 Å². The first-order chi connectivity index (χ1) is 13.6. The fraction of sp³-hybridized carbons (Fsp3) is 0.550. The second-order valence-corrected chi connectivity index (χ2v) is 6.78. The molecule has 3 rings (SSSR count). The zero-order chi connectivity index (χ0) is 19.9. The third-order valence-electron chi connectivity index (χ3n) is 4.71. The van der Waals surface area contributed by atoms with Gasteiger partial charge >= 0.3 is 0 Å². The Morgan fingerprint density at radius 3 is 2.96 bits per heavy atom. The minimum absolute atomic E-state index is 0.216. The fourth-order valence-electron chi connectivity index (χ4n) is 3.34. The molecule has 1 unspecified atom stereocenters. The predicted molar refractivity (Wildman–Crippen MR) is 109 cm³/mol. The number of nitrogens with one attached hydrogen (secondary N) is 2. The van der Waals surface area contributed by atoms with Crippen LogP contribution in [0.1, 0.15) is 37.7 Å². The van der Waals surface area contributed by atoms with Gasteiger partial charge < -0.3 is 24.7 Å². The summed E-state index contributed by atoms with van der Waals surface area (Å²) in [6, 6.07) is 4.18. The number of hydrogen-bond donors (Lipinski definition) is 2. The van der Waals surface area contributed by atoms with Gasteiger partial charge in [0.25, 0.3) is 0 Å². The summed E-state index contributed by atoms with van der Waals surface area (Å²) in [7, 11) is 1.77. The molecule has 0 fully saturated rings. The summed E-state index contributed by atoms with van der Waals surface area (Å²) >= 11 is 0. The van der Waals surface area contributed by atoms with Crippen LogP contribution in [0.2, 0.25) is 0 Å². The van der Waals surface area contributed by atoms with Crippen molar-refractivity contribution in [2.45, 2.75) is 52.8 Å². The normalized spacial score (nSPS) is 15.9. The van der Waals surface area contributed by atoms with Crippen molar-refractivity contribution in [3.63, 3.8) is 0 Å². The van der Waals surface area contributed by atoms with E-state index in [4.69, 9.17) is 9.47 Å². The predicted octanol–water partition coefficient (Wildman–Crippen LogP) is 1.93. The van der Waals surface area contributed by atoms with E-state index in [0.717, 1.165) is 54.8 Å². The lowest BCUT2D eigenvalue weighted by atomic mass is 10.1. The standard InChI is InChI=1S/C20H30N6O2/c1-5-19-25-24-13-26(19)8-7-22-20(21-4)23-12-16-11-18-15(9-14(3)28-18)10-17(16)27-6-2/h10-11,13-14H,5-9,12H2,1-4H3,(H2,21,22,23). The number of fused-ring (bicyclic) bond motifs is 1. The third kappa shape index (κ3) is 4.74. The molecule has 1 aromatic heterocycles. The van der Waals surface area contributed by atoms with Crippen molar-refractivity contribution in [1.82, 2.24) is 25.4 Å². The molecule has 0 radical (unpaired) electrons. The average molecular weight is 387 g/mol. The van der Waals surface area contributed by atoms with Crippen LogP contribution in [0.15, 0.2) is 23.5 Å². The summed E-state index contributed by atoms with van der Waals surface area (Å²) in [6.45, 7) is 8.91. The monoisotopic (exact) mass is 386 g/mol. The maximum Gasteiger partial charge on any atom is 0.191 e. The molecule has 1 aliphatic heterocycles. The number of guanidine groups is 1. The molecule has 0 amide bonds. The molecular weight excluding hydrogens is 356 g/mol. The van der Waals surface area contributed by atoms with E-state index in [2.05, 4.69) is 51.8 Å². The van der Waals surface area contributed by atoms with E-state index >= 15 is 0 Å². The smallest absolute Gasteiger partial charge is 0.191 e. The van der Waals surface area contributed by atoms with Crippen molar-refractivity contribution in [3.05, 3.63) is 35.4 Å². The third-order valence-corrected chi connectivity index (χ3v) is 4.71. The molecule has 2 heterocycles. The lowest BCUT2D eigenvalue weighted by molar-refractivity contribution is 0.254. The van der Waals surface area contributed by atoms with Crippen LogP contribution in [0.5, 0.6) is 11.5 Å². The van der Waals surface area contributed by atoms with E-state index < -0.39 is 0 Å². The molecule has 28 heavy (non-hydrogen) atoms. The first-order valence-electron chi connectivity index (χ1n) is 9.91. The molecule has 2 N–H and O–H groups in total. The minimum atomic E-state index is 0.216. The number of hydrogen-bond acceptors (Lipinski definition) is 5. The molecule has 1 atom stereocenters. The number of ether oxygens (including phenoxy) is 2. The van der Waals surface area contributed by atoms with Crippen molar-refractivity contribution < 1.29 is 9.47 Å². The van der Waals surface area contributed by atoms with Crippen LogP contribution in [-0.4, -0.2) is 47.0 Å². The van der Waals surface area contributed by atoms with Crippen LogP contribution in [0.4, 0.5) is 0 Å². The van der Waals surface area contributed by atoms with Gasteiger partial charge in [-0.25, -0.2) is 0 Å². The average Bonchev–Trinajstić information content (AvgIpc) is 3.29. The van der Waals surface area contributed by atoms with Gasteiger partial charge in [0.1, 0.15) is 29.8 Å². The summed E-state index contributed by atoms with van der Waals surface area (Å²) in [5.74, 6) is 3.58. The first-order valence-corrected chi connectivity index (χ1v) is 9.91. The molecule has 0 saturated heterocycles. The first kappa shape index (κ1) is 20.0. The van der Waals surface area contributed by atoms with Gasteiger partial charge in [0.15, 0.2) is 5.96 Å². The number of aliphatic imine (C=N–C) groups is 1. The van der Waals surface area contributed by atoms with Gasteiger partial charge in [-0.05, 0) is 26.0 Å². The maximum absolute atomic E-state index is 5.90. The highest BCUT2D eigenvalue weighted by Gasteiger charge is 2.21. The Morgan fingerprint density at radius 2 is 2.21 bits per heavy atom. The highest BCUT2D eigenvalue weighted by atomic mass is 16.5. The summed E-state index contributed by atoms with van der Waals surface area (Å²) in [5, 5.41) is 14.8. The molecule has 1 aromatic carbocycles. The van der Waals surface area contributed by atoms with E-state index in [1.54, 1.807) is 13.4 Å². The van der Waals surface area contributed by atoms with Crippen LogP contribution >= 0.6 is 0 Å². The summed E-state index contributed by atoms with van der Waals surface area (Å²) in [4.78, 5) is 4.31. The van der Waals surface area contributed by atoms with Crippen LogP contribution in [0.25, 0.3) is 0 Å². The molecule has 0 saturated carbocycles. The van der Waals surface area contributed by atoms with Crippen molar-refractivity contribution in [2.75, 3.05) is 20.2 Å². The largest absolute Gasteiger partial charge is 0.494 e. The fourth-order valence-corrected chi connectivity index (χ4v) is 3.34. The quantitative estimate of drug-likeness (QED) is 0.533. The second kappa shape index (κ2) is 9.43. The Morgan fingerprint density at radius 1 is 1.36 bits per heavy atom. The number of aryl methyl sites for hydroxylation is 1. The lowest BCUT2D eigenvalue weighted by Gasteiger charge is -2.16. The molecule has 2 aromatic rings. The Hall–Kier alpha value is -2.77. The van der Waals surface area contributed by atoms with Gasteiger partial charge in [0, 0.05) is 50.7 Å². The highest BCUT2D eigenvalue weighted by Crippen LogP contribution is 2.35. The van der Waals surface area contributed by atoms with Gasteiger partial charge in [0.05, 0.1) is 6.61 Å². The molecule has 8 nitrogen and oxygen atoms in total. The van der Waals surface area contributed by atoms with E-state index in [1.807, 2.05) is 11.5 Å². The SMILES string of the molecule is CCOc1cc2c(cc1CNC(=NC)NCCn1cnnc1CC)OC(C)C2. The van der Waals surface area contributed by atoms with Gasteiger partial charge in [-0.3, -0.25) is 4.99 Å². The Labute approximate surface area is 166 Å². The topological polar surface area (TPSA) is 85.6 Å². The molecule has 0 spiro atoms. The number of aromatic nitrogens is 3. The zero-order valence-electron chi connectivity index (χ0n) is 17.2. The molecule has 0 aliphatic carbocycles. The summed E-state index contributed by atoms with van der Waals surface area (Å²) in [6.07, 6.45) is 3.77. The minimum Gasteiger partial charge on any atom is -0.494 e. The highest BCUT2D eigenvalue weighted by molar-refractivity contribution is 5.79. The lowest BCUT2D eigenvalue weighted by Crippen LogP contribution is -2.38. The molecule has 8 heteroatoms. The zero-order valence-corrected chi connectivity index (χ0v) is 17.2. The molecular formula is C20H30N6O2. The van der Waals surface area contributed by atoms with Crippen LogP contribution < -0.4 is 20.1 Å². The van der Waals surface area contributed by atoms with E-state index in [9.17, 15) is 0 Å². The molecule has 1 aliphatic rings. The van der Waals surface area contributed by atoms with Crippen molar-refractivity contribution in [2.24, 2.45) is 4.99 Å². The van der Waals surface area contributed by atoms with E-state index in [-0.39, 0.29) is 6.10 Å². The van der Waals surface area contributed by atoms with Gasteiger partial charge in [-0.2, -0.15) is 0 Å². The Bertz CT molecular complexity index is 817. The Kier molecular flexibility index (Phi) is 6.73. The van der Waals surface area contributed by atoms with Gasteiger partial charge in [0.2, 0.25) is 0 Å². The molecule has 152 valence electrons. The number of rotatable bonds is 8. The summed E-state index contributed by atoms with van der Waals surface area (Å²) < 4.78 is 13.8. The van der Waals surface area contributed by atoms with Crippen molar-refractivity contribution in [1.29, 1.82) is 0 Å². The van der Waals surface area contributed by atoms with Gasteiger partial charge in [-0.15, -0.1) is 10.2 Å². The molecule has 0 bridgehead atoms. The number of nitrogens with zero attached hydrogens (tertiary/aromatic N) is 4. The van der Waals surface area contributed by atoms with Crippen LogP contribution in [-0.2, 0) is 25.9 Å². The van der Waals surface area contributed by atoms with Gasteiger partial charge in [-0.1, -0.05) is 6.92 Å². The van der Waals surface area contributed by atoms with Crippen LogP contribution in [0.3, 0.4) is 0 Å². The number of benzene rings is 1. The van der Waals surface area contributed by atoms with Crippen LogP contribution in [0, 0.1) is 0 Å². The Balaban J connectivity index is 1.58. The van der Waals surface area contributed by atoms with E-state index in [1.165, 1.54) is 5.56 Å². The van der Waals surface area contributed by atoms with E-state index in [0.29, 0.717) is 13.2 Å². The van der Waals surface area contributed by atoms with Crippen molar-refractivity contribution in [3.8, 4) is 11.5 Å². The second-order valence-electron chi connectivity index (χ2n) is 6.78. The summed E-state index contributed by atoms with van der Waals surface area (Å²) in [5.41, 5.74) is 2.27. The maximum atomic E-state index is 5.90.